The van der Waals surface area contributed by atoms with E-state index in [2.05, 4.69) is 35.1 Å². The number of rotatable bonds is 1. The van der Waals surface area contributed by atoms with E-state index < -0.39 is 0 Å². The van der Waals surface area contributed by atoms with Gasteiger partial charge in [-0.25, -0.2) is 4.98 Å². The summed E-state index contributed by atoms with van der Waals surface area (Å²) in [7, 11) is 0. The van der Waals surface area contributed by atoms with Gasteiger partial charge in [-0.05, 0) is 37.4 Å². The third-order valence-corrected chi connectivity index (χ3v) is 4.11. The van der Waals surface area contributed by atoms with Crippen molar-refractivity contribution in [1.29, 1.82) is 0 Å². The quantitative estimate of drug-likeness (QED) is 0.870. The van der Waals surface area contributed by atoms with Gasteiger partial charge >= 0.3 is 0 Å². The average molecular weight is 285 g/mol. The van der Waals surface area contributed by atoms with Crippen molar-refractivity contribution in [2.45, 2.75) is 19.4 Å². The van der Waals surface area contributed by atoms with E-state index in [1.807, 2.05) is 18.3 Å². The number of hydrogen-bond acceptors (Lipinski definition) is 5. The van der Waals surface area contributed by atoms with E-state index in [4.69, 9.17) is 9.47 Å². The zero-order valence-corrected chi connectivity index (χ0v) is 12.3. The predicted molar refractivity (Wildman–Crippen MR) is 82.2 cm³/mol. The lowest BCUT2D eigenvalue weighted by Crippen LogP contribution is -2.57. The monoisotopic (exact) mass is 285 g/mol. The molecule has 2 aliphatic rings. The summed E-state index contributed by atoms with van der Waals surface area (Å²) < 4.78 is 11.0. The Hall–Kier alpha value is -2.01. The van der Waals surface area contributed by atoms with Gasteiger partial charge in [-0.3, -0.25) is 0 Å². The number of fused-ring (bicyclic) bond motifs is 2. The summed E-state index contributed by atoms with van der Waals surface area (Å²) in [6.07, 6.45) is 1.87. The molecule has 21 heavy (non-hydrogen) atoms. The first-order valence-corrected chi connectivity index (χ1v) is 7.31. The highest BCUT2D eigenvalue weighted by molar-refractivity contribution is 5.94. The van der Waals surface area contributed by atoms with E-state index in [-0.39, 0.29) is 5.54 Å². The minimum atomic E-state index is 0.0957. The Balaban J connectivity index is 1.81. The highest BCUT2D eigenvalue weighted by atomic mass is 16.7. The minimum Gasteiger partial charge on any atom is -0.454 e. The largest absolute Gasteiger partial charge is 0.454 e. The molecule has 5 heteroatoms. The number of piperazine rings is 1. The van der Waals surface area contributed by atoms with Crippen molar-refractivity contribution in [2.24, 2.45) is 0 Å². The van der Waals surface area contributed by atoms with Crippen LogP contribution in [0.4, 0.5) is 5.82 Å². The lowest BCUT2D eigenvalue weighted by atomic mass is 10.0. The summed E-state index contributed by atoms with van der Waals surface area (Å²) >= 11 is 0. The SMILES string of the molecule is CC1(C)CN(c2nccc3cc4c(cc23)OCO4)CCN1. The predicted octanol–water partition coefficient (Wildman–Crippen LogP) is 2.15. The number of nitrogens with zero attached hydrogens (tertiary/aromatic N) is 2. The Bertz CT molecular complexity index is 699. The summed E-state index contributed by atoms with van der Waals surface area (Å²) in [5.74, 6) is 2.66. The number of ether oxygens (including phenoxy) is 2. The average Bonchev–Trinajstić information content (AvgIpc) is 2.90. The van der Waals surface area contributed by atoms with Crippen molar-refractivity contribution in [3.63, 3.8) is 0 Å². The van der Waals surface area contributed by atoms with Gasteiger partial charge in [0.25, 0.3) is 0 Å². The molecule has 1 fully saturated rings. The maximum Gasteiger partial charge on any atom is 0.231 e. The van der Waals surface area contributed by atoms with E-state index in [0.717, 1.165) is 47.7 Å². The Morgan fingerprint density at radius 3 is 2.86 bits per heavy atom. The van der Waals surface area contributed by atoms with Crippen LogP contribution in [0.1, 0.15) is 13.8 Å². The first kappa shape index (κ1) is 12.7. The maximum atomic E-state index is 5.51. The topological polar surface area (TPSA) is 46.6 Å². The molecule has 0 bridgehead atoms. The van der Waals surface area contributed by atoms with E-state index in [9.17, 15) is 0 Å². The molecule has 0 unspecified atom stereocenters. The molecule has 0 saturated carbocycles. The van der Waals surface area contributed by atoms with Gasteiger partial charge in [0.05, 0.1) is 0 Å². The molecule has 2 aromatic rings. The molecule has 0 radical (unpaired) electrons. The second kappa shape index (κ2) is 4.49. The molecule has 1 aromatic carbocycles. The van der Waals surface area contributed by atoms with Crippen LogP contribution < -0.4 is 19.7 Å². The van der Waals surface area contributed by atoms with Crippen molar-refractivity contribution in [3.8, 4) is 11.5 Å². The highest BCUT2D eigenvalue weighted by Crippen LogP contribution is 2.38. The van der Waals surface area contributed by atoms with Crippen LogP contribution in [0.5, 0.6) is 11.5 Å². The van der Waals surface area contributed by atoms with Gasteiger partial charge in [0.1, 0.15) is 5.82 Å². The minimum absolute atomic E-state index is 0.0957. The molecule has 1 N–H and O–H groups in total. The molecule has 0 spiro atoms. The fourth-order valence-corrected chi connectivity index (χ4v) is 3.12. The van der Waals surface area contributed by atoms with Gasteiger partial charge in [-0.2, -0.15) is 0 Å². The Morgan fingerprint density at radius 2 is 2.05 bits per heavy atom. The van der Waals surface area contributed by atoms with Crippen molar-refractivity contribution in [3.05, 3.63) is 24.4 Å². The second-order valence-corrected chi connectivity index (χ2v) is 6.29. The molecule has 2 aliphatic heterocycles. The third kappa shape index (κ3) is 2.17. The molecule has 5 nitrogen and oxygen atoms in total. The Kier molecular flexibility index (Phi) is 2.72. The fourth-order valence-electron chi connectivity index (χ4n) is 3.12. The summed E-state index contributed by atoms with van der Waals surface area (Å²) in [6.45, 7) is 7.61. The Labute approximate surface area is 123 Å². The molecule has 4 rings (SSSR count). The molecule has 0 atom stereocenters. The highest BCUT2D eigenvalue weighted by Gasteiger charge is 2.27. The number of nitrogens with one attached hydrogen (secondary N) is 1. The smallest absolute Gasteiger partial charge is 0.231 e. The standard InChI is InChI=1S/C16H19N3O2/c1-16(2)9-19(6-5-18-16)15-12-8-14-13(20-10-21-14)7-11(12)3-4-17-15/h3-4,7-8,18H,5-6,9-10H2,1-2H3. The van der Waals surface area contributed by atoms with Crippen LogP contribution in [-0.2, 0) is 0 Å². The van der Waals surface area contributed by atoms with E-state index >= 15 is 0 Å². The Morgan fingerprint density at radius 1 is 1.24 bits per heavy atom. The maximum absolute atomic E-state index is 5.51. The number of anilines is 1. The second-order valence-electron chi connectivity index (χ2n) is 6.29. The number of hydrogen-bond donors (Lipinski definition) is 1. The van der Waals surface area contributed by atoms with Crippen LogP contribution in [0, 0.1) is 0 Å². The van der Waals surface area contributed by atoms with Crippen molar-refractivity contribution < 1.29 is 9.47 Å². The number of pyridine rings is 1. The first-order valence-electron chi connectivity index (χ1n) is 7.31. The normalized spacial score (nSPS) is 20.0. The zero-order chi connectivity index (χ0) is 14.4. The van der Waals surface area contributed by atoms with Gasteiger partial charge in [0.15, 0.2) is 11.5 Å². The molecule has 1 saturated heterocycles. The van der Waals surface area contributed by atoms with Crippen molar-refractivity contribution in [2.75, 3.05) is 31.3 Å². The number of benzene rings is 1. The lowest BCUT2D eigenvalue weighted by Gasteiger charge is -2.40. The molecule has 3 heterocycles. The van der Waals surface area contributed by atoms with Crippen LogP contribution in [0.2, 0.25) is 0 Å². The van der Waals surface area contributed by atoms with Gasteiger partial charge in [-0.15, -0.1) is 0 Å². The van der Waals surface area contributed by atoms with Crippen LogP contribution in [0.25, 0.3) is 10.8 Å². The van der Waals surface area contributed by atoms with Crippen LogP contribution in [0.15, 0.2) is 24.4 Å². The molecule has 0 amide bonds. The summed E-state index contributed by atoms with van der Waals surface area (Å²) in [5, 5.41) is 5.80. The summed E-state index contributed by atoms with van der Waals surface area (Å²) in [5.41, 5.74) is 0.0957. The first-order chi connectivity index (χ1) is 10.1. The molecular weight excluding hydrogens is 266 g/mol. The molecular formula is C16H19N3O2. The zero-order valence-electron chi connectivity index (χ0n) is 12.3. The van der Waals surface area contributed by atoms with E-state index in [1.54, 1.807) is 0 Å². The van der Waals surface area contributed by atoms with Crippen molar-refractivity contribution in [1.82, 2.24) is 10.3 Å². The van der Waals surface area contributed by atoms with E-state index in [1.165, 1.54) is 0 Å². The van der Waals surface area contributed by atoms with E-state index in [0.29, 0.717) is 6.79 Å². The van der Waals surface area contributed by atoms with Crippen LogP contribution in [-0.4, -0.2) is 37.0 Å². The van der Waals surface area contributed by atoms with Gasteiger partial charge in [0, 0.05) is 36.8 Å². The van der Waals surface area contributed by atoms with Crippen LogP contribution >= 0.6 is 0 Å². The molecule has 1 aromatic heterocycles. The van der Waals surface area contributed by atoms with Crippen LogP contribution in [0.3, 0.4) is 0 Å². The number of aromatic nitrogens is 1. The van der Waals surface area contributed by atoms with Crippen molar-refractivity contribution >= 4 is 16.6 Å². The summed E-state index contributed by atoms with van der Waals surface area (Å²) in [6, 6.07) is 6.11. The van der Waals surface area contributed by atoms with Gasteiger partial charge in [0.2, 0.25) is 6.79 Å². The molecule has 110 valence electrons. The third-order valence-electron chi connectivity index (χ3n) is 4.11. The van der Waals surface area contributed by atoms with Gasteiger partial charge in [-0.1, -0.05) is 0 Å². The summed E-state index contributed by atoms with van der Waals surface area (Å²) in [4.78, 5) is 6.97. The molecule has 0 aliphatic carbocycles. The fraction of sp³-hybridized carbons (Fsp3) is 0.438. The van der Waals surface area contributed by atoms with Gasteiger partial charge < -0.3 is 19.7 Å². The lowest BCUT2D eigenvalue weighted by molar-refractivity contribution is 0.174.